The summed E-state index contributed by atoms with van der Waals surface area (Å²) in [4.78, 5) is 15.6. The lowest BCUT2D eigenvalue weighted by atomic mass is 10.2. The van der Waals surface area contributed by atoms with Crippen molar-refractivity contribution in [3.63, 3.8) is 0 Å². The van der Waals surface area contributed by atoms with Gasteiger partial charge in [0.1, 0.15) is 5.75 Å². The van der Waals surface area contributed by atoms with E-state index in [-0.39, 0.29) is 16.3 Å². The number of phenolic OH excluding ortho intramolecular Hbond substituents is 1. The number of para-hydroxylation sites is 1. The van der Waals surface area contributed by atoms with Crippen molar-refractivity contribution in [1.82, 2.24) is 5.48 Å². The highest BCUT2D eigenvalue weighted by molar-refractivity contribution is 6.32. The second-order valence-corrected chi connectivity index (χ2v) is 2.68. The number of hydroxylamine groups is 1. The normalized spacial score (nSPS) is 9.69. The number of benzene rings is 1. The van der Waals surface area contributed by atoms with Crippen molar-refractivity contribution in [1.29, 1.82) is 0 Å². The van der Waals surface area contributed by atoms with E-state index in [0.29, 0.717) is 0 Å². The molecule has 1 rings (SSSR count). The molecule has 0 radical (unpaired) electrons. The zero-order valence-electron chi connectivity index (χ0n) is 6.87. The van der Waals surface area contributed by atoms with E-state index < -0.39 is 5.91 Å². The Kier molecular flexibility index (Phi) is 3.11. The Morgan fingerprint density at radius 3 is 2.92 bits per heavy atom. The molecule has 0 fully saturated rings. The van der Waals surface area contributed by atoms with E-state index in [9.17, 15) is 9.90 Å². The number of hydrogen-bond acceptors (Lipinski definition) is 3. The molecule has 0 aliphatic heterocycles. The molecule has 0 aliphatic rings. The van der Waals surface area contributed by atoms with E-state index >= 15 is 0 Å². The summed E-state index contributed by atoms with van der Waals surface area (Å²) in [6.07, 6.45) is 0. The van der Waals surface area contributed by atoms with Gasteiger partial charge in [-0.15, -0.1) is 0 Å². The van der Waals surface area contributed by atoms with Gasteiger partial charge in [-0.2, -0.15) is 0 Å². The van der Waals surface area contributed by atoms with Crippen LogP contribution in [0.1, 0.15) is 10.4 Å². The Bertz CT molecular complexity index is 327. The number of halogens is 1. The van der Waals surface area contributed by atoms with Crippen LogP contribution in [0.5, 0.6) is 5.75 Å². The molecule has 0 aliphatic carbocycles. The summed E-state index contributed by atoms with van der Waals surface area (Å²) < 4.78 is 0. The first-order valence-corrected chi connectivity index (χ1v) is 3.85. The highest BCUT2D eigenvalue weighted by atomic mass is 35.5. The van der Waals surface area contributed by atoms with Crippen molar-refractivity contribution >= 4 is 17.5 Å². The summed E-state index contributed by atoms with van der Waals surface area (Å²) in [7, 11) is 1.31. The molecule has 0 heterocycles. The van der Waals surface area contributed by atoms with Crippen molar-refractivity contribution in [2.24, 2.45) is 0 Å². The largest absolute Gasteiger partial charge is 0.506 e. The zero-order chi connectivity index (χ0) is 9.84. The predicted octanol–water partition coefficient (Wildman–Crippen LogP) is 1.34. The number of carbonyl (C=O) groups excluding carboxylic acids is 1. The van der Waals surface area contributed by atoms with Gasteiger partial charge in [-0.25, -0.2) is 5.48 Å². The van der Waals surface area contributed by atoms with Gasteiger partial charge in [-0.3, -0.25) is 9.63 Å². The van der Waals surface area contributed by atoms with Crippen LogP contribution >= 0.6 is 11.6 Å². The molecule has 0 spiro atoms. The SMILES string of the molecule is CONC(=O)c1cccc(Cl)c1O. The van der Waals surface area contributed by atoms with Gasteiger partial charge in [-0.05, 0) is 12.1 Å². The van der Waals surface area contributed by atoms with Crippen LogP contribution in [-0.2, 0) is 4.84 Å². The van der Waals surface area contributed by atoms with Crippen molar-refractivity contribution in [2.75, 3.05) is 7.11 Å². The smallest absolute Gasteiger partial charge is 0.278 e. The maximum Gasteiger partial charge on any atom is 0.278 e. The average molecular weight is 202 g/mol. The lowest BCUT2D eigenvalue weighted by molar-refractivity contribution is 0.0535. The molecule has 0 bridgehead atoms. The summed E-state index contributed by atoms with van der Waals surface area (Å²) in [6.45, 7) is 0. The molecular formula is C8H8ClNO3. The first-order valence-electron chi connectivity index (χ1n) is 3.47. The minimum Gasteiger partial charge on any atom is -0.506 e. The Morgan fingerprint density at radius 2 is 2.31 bits per heavy atom. The molecule has 70 valence electrons. The first kappa shape index (κ1) is 9.83. The quantitative estimate of drug-likeness (QED) is 0.710. The van der Waals surface area contributed by atoms with E-state index in [1.54, 1.807) is 6.07 Å². The molecule has 1 aromatic rings. The molecule has 0 saturated carbocycles. The van der Waals surface area contributed by atoms with E-state index in [0.717, 1.165) is 0 Å². The molecule has 1 amide bonds. The summed E-state index contributed by atoms with van der Waals surface area (Å²) in [5.41, 5.74) is 2.15. The highest BCUT2D eigenvalue weighted by Gasteiger charge is 2.12. The number of carbonyl (C=O) groups is 1. The zero-order valence-corrected chi connectivity index (χ0v) is 7.63. The van der Waals surface area contributed by atoms with Crippen molar-refractivity contribution in [2.45, 2.75) is 0 Å². The number of phenols is 1. The van der Waals surface area contributed by atoms with Crippen LogP contribution in [0.3, 0.4) is 0 Å². The van der Waals surface area contributed by atoms with Crippen LogP contribution in [-0.4, -0.2) is 18.1 Å². The van der Waals surface area contributed by atoms with Gasteiger partial charge < -0.3 is 5.11 Å². The molecule has 1 aromatic carbocycles. The molecule has 0 aromatic heterocycles. The van der Waals surface area contributed by atoms with Gasteiger partial charge in [0.25, 0.3) is 5.91 Å². The third-order valence-corrected chi connectivity index (χ3v) is 1.73. The molecule has 4 nitrogen and oxygen atoms in total. The second kappa shape index (κ2) is 4.11. The Balaban J connectivity index is 3.01. The van der Waals surface area contributed by atoms with Gasteiger partial charge in [0.05, 0.1) is 17.7 Å². The number of amides is 1. The fraction of sp³-hybridized carbons (Fsp3) is 0.125. The van der Waals surface area contributed by atoms with Crippen molar-refractivity contribution in [3.8, 4) is 5.75 Å². The lowest BCUT2D eigenvalue weighted by Crippen LogP contribution is -2.21. The van der Waals surface area contributed by atoms with E-state index in [4.69, 9.17) is 11.6 Å². The predicted molar refractivity (Wildman–Crippen MR) is 47.6 cm³/mol. The van der Waals surface area contributed by atoms with E-state index in [1.807, 2.05) is 0 Å². The van der Waals surface area contributed by atoms with Crippen LogP contribution in [0.15, 0.2) is 18.2 Å². The van der Waals surface area contributed by atoms with E-state index in [1.165, 1.54) is 19.2 Å². The number of aromatic hydroxyl groups is 1. The fourth-order valence-corrected chi connectivity index (χ4v) is 1.02. The van der Waals surface area contributed by atoms with Crippen molar-refractivity contribution < 1.29 is 14.7 Å². The third-order valence-electron chi connectivity index (χ3n) is 1.43. The lowest BCUT2D eigenvalue weighted by Gasteiger charge is -2.04. The van der Waals surface area contributed by atoms with Crippen LogP contribution in [0.4, 0.5) is 0 Å². The monoisotopic (exact) mass is 201 g/mol. The molecule has 0 unspecified atom stereocenters. The van der Waals surface area contributed by atoms with Crippen LogP contribution in [0, 0.1) is 0 Å². The minimum atomic E-state index is -0.539. The summed E-state index contributed by atoms with van der Waals surface area (Å²) in [5, 5.41) is 9.47. The Labute approximate surface area is 80.0 Å². The highest BCUT2D eigenvalue weighted by Crippen LogP contribution is 2.26. The van der Waals surface area contributed by atoms with Gasteiger partial charge in [0.2, 0.25) is 0 Å². The molecular weight excluding hydrogens is 194 g/mol. The Morgan fingerprint density at radius 1 is 1.62 bits per heavy atom. The standard InChI is InChI=1S/C8H8ClNO3/c1-13-10-8(12)5-3-2-4-6(9)7(5)11/h2-4,11H,1H3,(H,10,12). The minimum absolute atomic E-state index is 0.0781. The first-order chi connectivity index (χ1) is 6.16. The van der Waals surface area contributed by atoms with Gasteiger partial charge in [0.15, 0.2) is 0 Å². The molecule has 0 atom stereocenters. The Hall–Kier alpha value is -1.26. The van der Waals surface area contributed by atoms with E-state index in [2.05, 4.69) is 10.3 Å². The fourth-order valence-electron chi connectivity index (χ4n) is 0.846. The topological polar surface area (TPSA) is 58.6 Å². The number of hydrogen-bond donors (Lipinski definition) is 2. The van der Waals surface area contributed by atoms with Crippen LogP contribution in [0.2, 0.25) is 5.02 Å². The average Bonchev–Trinajstić information content (AvgIpc) is 2.10. The molecule has 13 heavy (non-hydrogen) atoms. The van der Waals surface area contributed by atoms with Crippen LogP contribution < -0.4 is 5.48 Å². The summed E-state index contributed by atoms with van der Waals surface area (Å²) in [5.74, 6) is -0.791. The number of nitrogens with one attached hydrogen (secondary N) is 1. The summed E-state index contributed by atoms with van der Waals surface area (Å²) in [6, 6.07) is 4.49. The maximum absolute atomic E-state index is 11.2. The van der Waals surface area contributed by atoms with Gasteiger partial charge in [0, 0.05) is 0 Å². The maximum atomic E-state index is 11.2. The van der Waals surface area contributed by atoms with Crippen LogP contribution in [0.25, 0.3) is 0 Å². The molecule has 5 heteroatoms. The molecule has 0 saturated heterocycles. The second-order valence-electron chi connectivity index (χ2n) is 2.27. The molecule has 2 N–H and O–H groups in total. The van der Waals surface area contributed by atoms with Gasteiger partial charge in [-0.1, -0.05) is 17.7 Å². The third kappa shape index (κ3) is 2.11. The van der Waals surface area contributed by atoms with Gasteiger partial charge >= 0.3 is 0 Å². The summed E-state index contributed by atoms with van der Waals surface area (Å²) >= 11 is 5.59. The number of rotatable bonds is 2. The van der Waals surface area contributed by atoms with Crippen molar-refractivity contribution in [3.05, 3.63) is 28.8 Å².